The zero-order valence-electron chi connectivity index (χ0n) is 18.3. The van der Waals surface area contributed by atoms with E-state index in [2.05, 4.69) is 0 Å². The van der Waals surface area contributed by atoms with E-state index in [1.165, 1.54) is 12.0 Å². The topological polar surface area (TPSA) is 76.2 Å². The van der Waals surface area contributed by atoms with Crippen molar-refractivity contribution in [3.63, 3.8) is 0 Å². The fourth-order valence-corrected chi connectivity index (χ4v) is 4.60. The molecule has 2 fully saturated rings. The highest BCUT2D eigenvalue weighted by Crippen LogP contribution is 2.47. The Kier molecular flexibility index (Phi) is 5.81. The monoisotopic (exact) mass is 476 g/mol. The van der Waals surface area contributed by atoms with E-state index in [0.717, 1.165) is 11.1 Å². The number of methoxy groups -OCH3 is 1. The van der Waals surface area contributed by atoms with Crippen LogP contribution in [-0.2, 0) is 25.7 Å². The van der Waals surface area contributed by atoms with Gasteiger partial charge in [-0.1, -0.05) is 54.1 Å². The van der Waals surface area contributed by atoms with Crippen molar-refractivity contribution >= 4 is 35.1 Å². The van der Waals surface area contributed by atoms with Crippen LogP contribution in [0.4, 0.5) is 5.69 Å². The highest BCUT2D eigenvalue weighted by Gasteiger charge is 2.59. The summed E-state index contributed by atoms with van der Waals surface area (Å²) in [5.41, 5.74) is 2.64. The third kappa shape index (κ3) is 3.83. The smallest absolute Gasteiger partial charge is 0.337 e. The van der Waals surface area contributed by atoms with Crippen molar-refractivity contribution in [3.05, 3.63) is 101 Å². The number of benzene rings is 3. The van der Waals surface area contributed by atoms with Gasteiger partial charge < -0.3 is 4.74 Å². The number of carbonyl (C=O) groups excluding carboxylic acids is 3. The van der Waals surface area contributed by atoms with Crippen LogP contribution in [-0.4, -0.2) is 35.9 Å². The van der Waals surface area contributed by atoms with E-state index < -0.39 is 24.0 Å². The van der Waals surface area contributed by atoms with Gasteiger partial charge in [0.1, 0.15) is 5.92 Å². The number of esters is 1. The number of rotatable bonds is 5. The van der Waals surface area contributed by atoms with E-state index in [4.69, 9.17) is 21.2 Å². The molecule has 2 heterocycles. The lowest BCUT2D eigenvalue weighted by Gasteiger charge is -2.29. The summed E-state index contributed by atoms with van der Waals surface area (Å²) in [5.74, 6) is -1.86. The maximum Gasteiger partial charge on any atom is 0.337 e. The summed E-state index contributed by atoms with van der Waals surface area (Å²) in [6.07, 6.45) is -0.947. The minimum atomic E-state index is -0.947. The highest BCUT2D eigenvalue weighted by atomic mass is 35.5. The maximum absolute atomic E-state index is 13.5. The number of halogens is 1. The van der Waals surface area contributed by atoms with Gasteiger partial charge in [-0.2, -0.15) is 0 Å². The Hall–Kier alpha value is -3.68. The van der Waals surface area contributed by atoms with Crippen molar-refractivity contribution < 1.29 is 24.0 Å². The van der Waals surface area contributed by atoms with E-state index in [1.807, 2.05) is 30.3 Å². The lowest BCUT2D eigenvalue weighted by Crippen LogP contribution is -2.36. The van der Waals surface area contributed by atoms with Crippen LogP contribution in [0.1, 0.15) is 27.5 Å². The Labute approximate surface area is 201 Å². The minimum absolute atomic E-state index is 0.184. The molecule has 3 atom stereocenters. The van der Waals surface area contributed by atoms with Gasteiger partial charge in [-0.15, -0.1) is 0 Å². The van der Waals surface area contributed by atoms with Gasteiger partial charge >= 0.3 is 5.97 Å². The van der Waals surface area contributed by atoms with Gasteiger partial charge in [-0.3, -0.25) is 19.3 Å². The van der Waals surface area contributed by atoms with Crippen LogP contribution in [0, 0.1) is 5.92 Å². The van der Waals surface area contributed by atoms with Gasteiger partial charge in [0.25, 0.3) is 5.91 Å². The lowest BCUT2D eigenvalue weighted by atomic mass is 9.90. The summed E-state index contributed by atoms with van der Waals surface area (Å²) in [7, 11) is 1.32. The molecule has 0 saturated carbocycles. The molecule has 0 N–H and O–H groups in total. The van der Waals surface area contributed by atoms with Crippen LogP contribution in [0.3, 0.4) is 0 Å². The molecule has 2 aliphatic rings. The molecule has 0 bridgehead atoms. The summed E-state index contributed by atoms with van der Waals surface area (Å²) in [4.78, 5) is 46.1. The molecule has 34 heavy (non-hydrogen) atoms. The average molecular weight is 477 g/mol. The van der Waals surface area contributed by atoms with Crippen molar-refractivity contribution in [3.8, 4) is 0 Å². The summed E-state index contributed by atoms with van der Waals surface area (Å²) >= 11 is 6.05. The molecule has 2 saturated heterocycles. The predicted molar refractivity (Wildman–Crippen MR) is 125 cm³/mol. The zero-order valence-corrected chi connectivity index (χ0v) is 19.0. The number of amides is 2. The molecule has 3 aromatic rings. The first-order chi connectivity index (χ1) is 16.5. The van der Waals surface area contributed by atoms with Crippen LogP contribution >= 0.6 is 11.6 Å². The number of ether oxygens (including phenoxy) is 1. The van der Waals surface area contributed by atoms with Crippen molar-refractivity contribution in [1.29, 1.82) is 0 Å². The Balaban J connectivity index is 1.52. The Morgan fingerprint density at radius 1 is 0.941 bits per heavy atom. The first-order valence-corrected chi connectivity index (χ1v) is 11.1. The third-order valence-electron chi connectivity index (χ3n) is 6.14. The lowest BCUT2D eigenvalue weighted by molar-refractivity contribution is -0.143. The second kappa shape index (κ2) is 8.93. The van der Waals surface area contributed by atoms with Gasteiger partial charge in [0, 0.05) is 5.02 Å². The molecule has 8 heteroatoms. The Bertz CT molecular complexity index is 1230. The quantitative estimate of drug-likeness (QED) is 0.406. The number of fused-ring (bicyclic) bond motifs is 1. The second-order valence-electron chi connectivity index (χ2n) is 8.16. The van der Waals surface area contributed by atoms with E-state index >= 15 is 0 Å². The summed E-state index contributed by atoms with van der Waals surface area (Å²) in [6.45, 7) is 0.184. The third-order valence-corrected chi connectivity index (χ3v) is 6.40. The maximum atomic E-state index is 13.5. The molecule has 0 spiro atoms. The number of imide groups is 1. The molecular weight excluding hydrogens is 456 g/mol. The van der Waals surface area contributed by atoms with E-state index in [1.54, 1.807) is 53.6 Å². The largest absolute Gasteiger partial charge is 0.465 e. The first-order valence-electron chi connectivity index (χ1n) is 10.8. The standard InChI is InChI=1S/C26H21ClN2O5/c1-33-26(32)18-9-7-17(8-10-18)22-21-23(34-29(22)20-13-11-19(27)12-14-20)25(31)28(24(21)30)15-16-5-3-2-4-6-16/h2-14,21-23H,15H2,1H3/t21-,22+,23-/m1/s1. The molecule has 2 aliphatic heterocycles. The van der Waals surface area contributed by atoms with E-state index in [0.29, 0.717) is 16.3 Å². The molecule has 5 rings (SSSR count). The molecule has 0 radical (unpaired) electrons. The van der Waals surface area contributed by atoms with Crippen molar-refractivity contribution in [1.82, 2.24) is 4.90 Å². The fraction of sp³-hybridized carbons (Fsp3) is 0.192. The van der Waals surface area contributed by atoms with Crippen molar-refractivity contribution in [2.24, 2.45) is 5.92 Å². The first kappa shape index (κ1) is 22.1. The van der Waals surface area contributed by atoms with E-state index in [-0.39, 0.29) is 18.4 Å². The molecule has 172 valence electrons. The zero-order chi connectivity index (χ0) is 23.8. The van der Waals surface area contributed by atoms with E-state index in [9.17, 15) is 14.4 Å². The molecule has 0 unspecified atom stereocenters. The predicted octanol–water partition coefficient (Wildman–Crippen LogP) is 4.17. The molecule has 3 aromatic carbocycles. The van der Waals surface area contributed by atoms with Crippen LogP contribution in [0.2, 0.25) is 5.02 Å². The molecule has 0 aliphatic carbocycles. The summed E-state index contributed by atoms with van der Waals surface area (Å²) in [6, 6.07) is 22.6. The number of nitrogens with zero attached hydrogens (tertiary/aromatic N) is 2. The van der Waals surface area contributed by atoms with Crippen LogP contribution in [0.25, 0.3) is 0 Å². The highest BCUT2D eigenvalue weighted by molar-refractivity contribution is 6.30. The van der Waals surface area contributed by atoms with Gasteiger partial charge in [0.2, 0.25) is 5.91 Å². The minimum Gasteiger partial charge on any atom is -0.465 e. The number of hydrogen-bond donors (Lipinski definition) is 0. The Morgan fingerprint density at radius 3 is 2.26 bits per heavy atom. The number of anilines is 1. The SMILES string of the molecule is COC(=O)c1ccc([C@H]2[C@H]3C(=O)N(Cc4ccccc4)C(=O)[C@@H]3ON2c2ccc(Cl)cc2)cc1. The number of hydroxylamine groups is 1. The van der Waals surface area contributed by atoms with Gasteiger partial charge in [0.05, 0.1) is 30.9 Å². The molecule has 2 amide bonds. The molecule has 0 aromatic heterocycles. The van der Waals surface area contributed by atoms with Gasteiger partial charge in [-0.25, -0.2) is 9.86 Å². The molecule has 7 nitrogen and oxygen atoms in total. The van der Waals surface area contributed by atoms with Gasteiger partial charge in [-0.05, 0) is 47.5 Å². The number of hydrogen-bond acceptors (Lipinski definition) is 6. The van der Waals surface area contributed by atoms with Crippen LogP contribution < -0.4 is 5.06 Å². The second-order valence-corrected chi connectivity index (χ2v) is 8.60. The van der Waals surface area contributed by atoms with Crippen LogP contribution in [0.15, 0.2) is 78.9 Å². The summed E-state index contributed by atoms with van der Waals surface area (Å²) in [5, 5.41) is 2.15. The van der Waals surface area contributed by atoms with Crippen molar-refractivity contribution in [2.45, 2.75) is 18.7 Å². The normalized spacial score (nSPS) is 21.6. The molecular formula is C26H21ClN2O5. The Morgan fingerprint density at radius 2 is 1.62 bits per heavy atom. The number of carbonyl (C=O) groups is 3. The van der Waals surface area contributed by atoms with Gasteiger partial charge in [0.15, 0.2) is 6.10 Å². The average Bonchev–Trinajstić information content (AvgIpc) is 3.37. The number of likely N-dealkylation sites (tertiary alicyclic amines) is 1. The summed E-state index contributed by atoms with van der Waals surface area (Å²) < 4.78 is 4.78. The van der Waals surface area contributed by atoms with Crippen molar-refractivity contribution in [2.75, 3.05) is 12.2 Å². The van der Waals surface area contributed by atoms with Crippen LogP contribution in [0.5, 0.6) is 0 Å². The fourth-order valence-electron chi connectivity index (χ4n) is 4.48.